The molecule has 0 radical (unpaired) electrons. The van der Waals surface area contributed by atoms with Crippen LogP contribution >= 0.6 is 0 Å². The Morgan fingerprint density at radius 3 is 2.54 bits per heavy atom. The minimum Gasteiger partial charge on any atom is -0.382 e. The number of anilines is 1. The largest absolute Gasteiger partial charge is 0.382 e. The van der Waals surface area contributed by atoms with E-state index in [0.717, 1.165) is 12.5 Å². The summed E-state index contributed by atoms with van der Waals surface area (Å²) in [7, 11) is 1.74. The fourth-order valence-corrected chi connectivity index (χ4v) is 6.58. The zero-order valence-corrected chi connectivity index (χ0v) is 28.1. The molecule has 2 atom stereocenters. The summed E-state index contributed by atoms with van der Waals surface area (Å²) in [5.41, 5.74) is 8.34. The number of nitrogens with two attached hydrogens (primary N) is 1. The van der Waals surface area contributed by atoms with Gasteiger partial charge in [-0.3, -0.25) is 14.2 Å². The van der Waals surface area contributed by atoms with Crippen molar-refractivity contribution in [2.75, 3.05) is 5.73 Å². The number of aliphatic hydroxyl groups is 1. The first-order valence-corrected chi connectivity index (χ1v) is 16.3. The third-order valence-corrected chi connectivity index (χ3v) is 8.76. The number of rotatable bonds is 8. The lowest BCUT2D eigenvalue weighted by Crippen LogP contribution is -2.34. The number of para-hydroxylation sites is 1. The van der Waals surface area contributed by atoms with Gasteiger partial charge in [0.25, 0.3) is 6.43 Å². The summed E-state index contributed by atoms with van der Waals surface area (Å²) < 4.78 is 59.8. The molecule has 2 aromatic carbocycles. The molecule has 0 spiro atoms. The van der Waals surface area contributed by atoms with Gasteiger partial charge in [-0.2, -0.15) is 10.2 Å². The Balaban J connectivity index is 1.48. The van der Waals surface area contributed by atoms with Gasteiger partial charge in [0.05, 0.1) is 17.3 Å². The maximum atomic E-state index is 14.5. The van der Waals surface area contributed by atoms with Crippen molar-refractivity contribution in [2.45, 2.75) is 71.1 Å². The molecule has 0 bridgehead atoms. The lowest BCUT2D eigenvalue weighted by molar-refractivity contribution is -0.122. The molecule has 4 N–H and O–H groups in total. The van der Waals surface area contributed by atoms with Crippen LogP contribution in [0.25, 0.3) is 22.0 Å². The van der Waals surface area contributed by atoms with E-state index in [0.29, 0.717) is 57.6 Å². The Morgan fingerprint density at radius 1 is 1.10 bits per heavy atom. The highest BCUT2D eigenvalue weighted by atomic mass is 19.3. The Kier molecular flexibility index (Phi) is 9.41. The van der Waals surface area contributed by atoms with Crippen molar-refractivity contribution in [1.82, 2.24) is 29.9 Å². The van der Waals surface area contributed by atoms with E-state index in [2.05, 4.69) is 27.4 Å². The maximum Gasteiger partial charge on any atom is 0.282 e. The van der Waals surface area contributed by atoms with Gasteiger partial charge in [-0.05, 0) is 87.3 Å². The van der Waals surface area contributed by atoms with Crippen LogP contribution in [-0.2, 0) is 37.6 Å². The van der Waals surface area contributed by atoms with E-state index < -0.39 is 35.6 Å². The van der Waals surface area contributed by atoms with E-state index in [4.69, 9.17) is 10.7 Å². The number of nitrogen functional groups attached to an aromatic ring is 1. The second-order valence-electron chi connectivity index (χ2n) is 13.4. The molecule has 260 valence electrons. The smallest absolute Gasteiger partial charge is 0.282 e. The monoisotopic (exact) mass is 687 g/mol. The van der Waals surface area contributed by atoms with Crippen molar-refractivity contribution in [1.29, 1.82) is 0 Å². The number of alkyl halides is 2. The molecule has 50 heavy (non-hydrogen) atoms. The van der Waals surface area contributed by atoms with Crippen molar-refractivity contribution in [2.24, 2.45) is 13.0 Å². The summed E-state index contributed by atoms with van der Waals surface area (Å²) in [4.78, 5) is 18.7. The van der Waals surface area contributed by atoms with Gasteiger partial charge in [0.15, 0.2) is 5.82 Å². The molecule has 9 nitrogen and oxygen atoms in total. The molecule has 0 fully saturated rings. The van der Waals surface area contributed by atoms with Gasteiger partial charge in [0.1, 0.15) is 35.2 Å². The normalized spacial score (nSPS) is 15.1. The van der Waals surface area contributed by atoms with Crippen molar-refractivity contribution < 1.29 is 27.5 Å². The molecule has 0 saturated carbocycles. The number of nitrogens with one attached hydrogen (secondary N) is 1. The number of pyridine rings is 1. The minimum atomic E-state index is -2.79. The third kappa shape index (κ3) is 7.35. The van der Waals surface area contributed by atoms with E-state index in [-0.39, 0.29) is 35.8 Å². The lowest BCUT2D eigenvalue weighted by Gasteiger charge is -2.23. The highest BCUT2D eigenvalue weighted by Crippen LogP contribution is 2.36. The first-order chi connectivity index (χ1) is 23.7. The summed E-state index contributed by atoms with van der Waals surface area (Å²) in [6.45, 7) is 4.71. The van der Waals surface area contributed by atoms with Gasteiger partial charge in [-0.1, -0.05) is 25.0 Å². The van der Waals surface area contributed by atoms with Crippen LogP contribution < -0.4 is 11.1 Å². The quantitative estimate of drug-likeness (QED) is 0.136. The van der Waals surface area contributed by atoms with E-state index in [1.54, 1.807) is 29.9 Å². The molecule has 5 aromatic rings. The predicted octanol–water partition coefficient (Wildman–Crippen LogP) is 5.98. The van der Waals surface area contributed by atoms with Crippen LogP contribution in [0.5, 0.6) is 0 Å². The van der Waals surface area contributed by atoms with Gasteiger partial charge in [0, 0.05) is 40.9 Å². The minimum absolute atomic E-state index is 0.0944. The van der Waals surface area contributed by atoms with Gasteiger partial charge in [0.2, 0.25) is 5.91 Å². The number of halogens is 4. The second-order valence-corrected chi connectivity index (χ2v) is 13.4. The molecule has 3 aromatic heterocycles. The number of fused-ring (bicyclic) bond motifs is 2. The number of hydrogen-bond acceptors (Lipinski definition) is 6. The first-order valence-electron chi connectivity index (χ1n) is 16.3. The first kappa shape index (κ1) is 34.6. The van der Waals surface area contributed by atoms with Crippen LogP contribution in [0.15, 0.2) is 48.5 Å². The topological polar surface area (TPSA) is 124 Å². The lowest BCUT2D eigenvalue weighted by atomic mass is 9.88. The number of benzene rings is 2. The number of aromatic nitrogens is 5. The average molecular weight is 688 g/mol. The standard InChI is InChI=1S/C37H37F4N7O2/c1-20-8-10-27-30(14-20)48(45-33(27)35(40)41)19-31(49)44-29(17-21-15-22(38)18-23(39)16-21)32-25(11-9-24(43-32)12-13-37(2,3)50)26-6-5-7-28-34(26)47(4)46-36(28)42/h5-7,9,11,15-16,18,20,29,35,50H,8,10,14,17,19H2,1-4H3,(H2,42,46)(H,44,49)/t20?,29-/m0/s1. The Morgan fingerprint density at radius 2 is 1.84 bits per heavy atom. The summed E-state index contributed by atoms with van der Waals surface area (Å²) in [5.74, 6) is 3.99. The zero-order valence-electron chi connectivity index (χ0n) is 28.1. The molecular weight excluding hydrogens is 650 g/mol. The van der Waals surface area contributed by atoms with E-state index in [9.17, 15) is 27.5 Å². The highest BCUT2D eigenvalue weighted by Gasteiger charge is 2.30. The second kappa shape index (κ2) is 13.6. The molecule has 6 rings (SSSR count). The molecule has 1 unspecified atom stereocenters. The maximum absolute atomic E-state index is 14.5. The van der Waals surface area contributed by atoms with E-state index in [1.807, 2.05) is 19.1 Å². The van der Waals surface area contributed by atoms with Crippen LogP contribution in [0, 0.1) is 29.4 Å². The highest BCUT2D eigenvalue weighted by molar-refractivity contribution is 6.00. The Bertz CT molecular complexity index is 2140. The number of carbonyl (C=O) groups is 1. The summed E-state index contributed by atoms with van der Waals surface area (Å²) in [5, 5.41) is 22.4. The Hall–Kier alpha value is -5.22. The molecule has 0 aliphatic heterocycles. The predicted molar refractivity (Wildman–Crippen MR) is 181 cm³/mol. The number of nitrogens with zero attached hydrogens (tertiary/aromatic N) is 5. The van der Waals surface area contributed by atoms with Crippen LogP contribution in [-0.4, -0.2) is 41.2 Å². The number of aryl methyl sites for hydroxylation is 1. The van der Waals surface area contributed by atoms with Crippen molar-refractivity contribution >= 4 is 22.6 Å². The van der Waals surface area contributed by atoms with Crippen LogP contribution in [0.2, 0.25) is 0 Å². The van der Waals surface area contributed by atoms with E-state index >= 15 is 0 Å². The van der Waals surface area contributed by atoms with Gasteiger partial charge < -0.3 is 16.2 Å². The number of carbonyl (C=O) groups excluding carboxylic acids is 1. The summed E-state index contributed by atoms with van der Waals surface area (Å²) >= 11 is 0. The number of hydrogen-bond donors (Lipinski definition) is 3. The number of amides is 1. The van der Waals surface area contributed by atoms with Crippen LogP contribution in [0.1, 0.15) is 73.6 Å². The zero-order chi connectivity index (χ0) is 35.9. The molecule has 0 saturated heterocycles. The fraction of sp³-hybridized carbons (Fsp3) is 0.351. The van der Waals surface area contributed by atoms with Crippen molar-refractivity contribution in [3.63, 3.8) is 0 Å². The molecule has 3 heterocycles. The van der Waals surface area contributed by atoms with Crippen molar-refractivity contribution in [3.05, 3.63) is 94.1 Å². The Labute approximate surface area is 286 Å². The molecular formula is C37H37F4N7O2. The fourth-order valence-electron chi connectivity index (χ4n) is 6.58. The van der Waals surface area contributed by atoms with Gasteiger partial charge >= 0.3 is 0 Å². The van der Waals surface area contributed by atoms with Gasteiger partial charge in [-0.25, -0.2) is 22.5 Å². The van der Waals surface area contributed by atoms with Crippen LogP contribution in [0.3, 0.4) is 0 Å². The van der Waals surface area contributed by atoms with Crippen molar-refractivity contribution in [3.8, 4) is 23.0 Å². The summed E-state index contributed by atoms with van der Waals surface area (Å²) in [6.07, 6.45) is -1.20. The van der Waals surface area contributed by atoms with Gasteiger partial charge in [-0.15, -0.1) is 0 Å². The van der Waals surface area contributed by atoms with Crippen LogP contribution in [0.4, 0.5) is 23.4 Å². The molecule has 1 aliphatic carbocycles. The summed E-state index contributed by atoms with van der Waals surface area (Å²) in [6, 6.07) is 11.0. The SMILES string of the molecule is CC1CCc2c(C(F)F)nn(CC(=O)N[C@@H](Cc3cc(F)cc(F)c3)c3nc(C#CC(C)(C)O)ccc3-c3cccc4c(N)nn(C)c34)c2C1. The van der Waals surface area contributed by atoms with E-state index in [1.165, 1.54) is 30.7 Å². The third-order valence-electron chi connectivity index (χ3n) is 8.76. The molecule has 1 amide bonds. The average Bonchev–Trinajstić information content (AvgIpc) is 3.54. The molecule has 1 aliphatic rings. The molecule has 13 heteroatoms.